The van der Waals surface area contributed by atoms with E-state index < -0.39 is 0 Å². The summed E-state index contributed by atoms with van der Waals surface area (Å²) in [6, 6.07) is 0. The van der Waals surface area contributed by atoms with Crippen LogP contribution < -0.4 is 0 Å². The minimum Gasteiger partial charge on any atom is -0.340 e. The molecule has 0 saturated heterocycles. The number of hydrogen-bond acceptors (Lipinski definition) is 1. The van der Waals surface area contributed by atoms with Gasteiger partial charge in [-0.05, 0) is 19.8 Å². The lowest BCUT2D eigenvalue weighted by atomic mass is 10.2. The van der Waals surface area contributed by atoms with Crippen molar-refractivity contribution >= 4 is 6.34 Å². The predicted octanol–water partition coefficient (Wildman–Crippen LogP) is 2.40. The number of allylic oxidation sites excluding steroid dienone is 3. The van der Waals surface area contributed by atoms with Crippen LogP contribution in [0, 0.1) is 5.41 Å². The van der Waals surface area contributed by atoms with E-state index >= 15 is 0 Å². The summed E-state index contributed by atoms with van der Waals surface area (Å²) >= 11 is 0. The standard InChI is InChI=1S/C9H16N2/c1-4-5-6-7-9(2)11(3)8-10/h4,7-8,10H,1,5-6H2,2-3H3/b9-7+,10-8?. The van der Waals surface area contributed by atoms with Crippen LogP contribution in [0.15, 0.2) is 24.4 Å². The van der Waals surface area contributed by atoms with Crippen molar-refractivity contribution in [3.63, 3.8) is 0 Å². The molecule has 0 fully saturated rings. The number of nitrogens with one attached hydrogen (secondary N) is 1. The van der Waals surface area contributed by atoms with Crippen LogP contribution in [-0.2, 0) is 0 Å². The third-order valence-electron chi connectivity index (χ3n) is 1.56. The molecule has 0 aromatic heterocycles. The minimum absolute atomic E-state index is 1.00. The SMILES string of the molecule is C=CCC/C=C(\C)N(C)C=N. The van der Waals surface area contributed by atoms with Crippen molar-refractivity contribution in [2.45, 2.75) is 19.8 Å². The van der Waals surface area contributed by atoms with Crippen molar-refractivity contribution in [1.82, 2.24) is 4.90 Å². The highest BCUT2D eigenvalue weighted by Gasteiger charge is 1.91. The summed E-state index contributed by atoms with van der Waals surface area (Å²) in [5.41, 5.74) is 1.11. The molecule has 0 aliphatic heterocycles. The molecule has 62 valence electrons. The Hall–Kier alpha value is -1.05. The average Bonchev–Trinajstić information content (AvgIpc) is 2.03. The summed E-state index contributed by atoms with van der Waals surface area (Å²) in [6.45, 7) is 5.63. The third kappa shape index (κ3) is 4.37. The Labute approximate surface area is 68.7 Å². The van der Waals surface area contributed by atoms with Crippen LogP contribution in [0.1, 0.15) is 19.8 Å². The lowest BCUT2D eigenvalue weighted by Gasteiger charge is -2.11. The molecule has 0 atom stereocenters. The maximum Gasteiger partial charge on any atom is 0.0856 e. The highest BCUT2D eigenvalue weighted by atomic mass is 15.1. The summed E-state index contributed by atoms with van der Waals surface area (Å²) in [4.78, 5) is 1.78. The normalized spacial score (nSPS) is 10.9. The molecule has 0 aromatic carbocycles. The van der Waals surface area contributed by atoms with Gasteiger partial charge < -0.3 is 4.90 Å². The van der Waals surface area contributed by atoms with Crippen molar-refractivity contribution in [3.8, 4) is 0 Å². The quantitative estimate of drug-likeness (QED) is 0.278. The zero-order chi connectivity index (χ0) is 8.69. The molecule has 0 heterocycles. The second kappa shape index (κ2) is 5.71. The van der Waals surface area contributed by atoms with E-state index in [0.717, 1.165) is 18.5 Å². The van der Waals surface area contributed by atoms with Crippen LogP contribution in [0.5, 0.6) is 0 Å². The van der Waals surface area contributed by atoms with E-state index in [2.05, 4.69) is 12.7 Å². The predicted molar refractivity (Wildman–Crippen MR) is 49.7 cm³/mol. The maximum atomic E-state index is 6.96. The van der Waals surface area contributed by atoms with Crippen molar-refractivity contribution in [1.29, 1.82) is 5.41 Å². The summed E-state index contributed by atoms with van der Waals surface area (Å²) in [7, 11) is 1.87. The van der Waals surface area contributed by atoms with Crippen LogP contribution in [-0.4, -0.2) is 18.3 Å². The summed E-state index contributed by atoms with van der Waals surface area (Å²) in [5, 5.41) is 6.96. The largest absolute Gasteiger partial charge is 0.340 e. The molecular weight excluding hydrogens is 136 g/mol. The summed E-state index contributed by atoms with van der Waals surface area (Å²) in [6.07, 6.45) is 7.32. The van der Waals surface area contributed by atoms with Crippen LogP contribution in [0.2, 0.25) is 0 Å². The fourth-order valence-electron chi connectivity index (χ4n) is 0.656. The number of rotatable bonds is 5. The second-order valence-corrected chi connectivity index (χ2v) is 2.45. The van der Waals surface area contributed by atoms with Crippen molar-refractivity contribution < 1.29 is 0 Å². The van der Waals surface area contributed by atoms with E-state index in [0.29, 0.717) is 0 Å². The highest BCUT2D eigenvalue weighted by Crippen LogP contribution is 2.00. The second-order valence-electron chi connectivity index (χ2n) is 2.45. The van der Waals surface area contributed by atoms with E-state index in [9.17, 15) is 0 Å². The molecule has 0 aliphatic carbocycles. The molecule has 0 aromatic rings. The van der Waals surface area contributed by atoms with Gasteiger partial charge >= 0.3 is 0 Å². The first kappa shape index (κ1) is 9.95. The number of unbranched alkanes of at least 4 members (excludes halogenated alkanes) is 1. The van der Waals surface area contributed by atoms with Gasteiger partial charge in [-0.25, -0.2) is 0 Å². The molecule has 1 N–H and O–H groups in total. The molecule has 0 rings (SSSR count). The smallest absolute Gasteiger partial charge is 0.0856 e. The first-order chi connectivity index (χ1) is 5.22. The molecule has 0 radical (unpaired) electrons. The van der Waals surface area contributed by atoms with E-state index in [-0.39, 0.29) is 0 Å². The van der Waals surface area contributed by atoms with Gasteiger partial charge in [0.15, 0.2) is 0 Å². The number of hydrogen-bond donors (Lipinski definition) is 1. The van der Waals surface area contributed by atoms with Gasteiger partial charge in [0.2, 0.25) is 0 Å². The lowest BCUT2D eigenvalue weighted by Crippen LogP contribution is -2.11. The van der Waals surface area contributed by atoms with Gasteiger partial charge in [0.25, 0.3) is 0 Å². The molecule has 2 heteroatoms. The molecular formula is C9H16N2. The third-order valence-corrected chi connectivity index (χ3v) is 1.56. The fourth-order valence-corrected chi connectivity index (χ4v) is 0.656. The van der Waals surface area contributed by atoms with Gasteiger partial charge in [-0.15, -0.1) is 6.58 Å². The Bertz CT molecular complexity index is 159. The molecule has 0 amide bonds. The van der Waals surface area contributed by atoms with Crippen molar-refractivity contribution in [2.75, 3.05) is 7.05 Å². The van der Waals surface area contributed by atoms with Gasteiger partial charge in [0.1, 0.15) is 0 Å². The van der Waals surface area contributed by atoms with Crippen molar-refractivity contribution in [2.24, 2.45) is 0 Å². The summed E-state index contributed by atoms with van der Waals surface area (Å²) in [5.74, 6) is 0. The van der Waals surface area contributed by atoms with E-state index in [4.69, 9.17) is 5.41 Å². The van der Waals surface area contributed by atoms with Gasteiger partial charge in [0.05, 0.1) is 6.34 Å². The Morgan fingerprint density at radius 2 is 2.18 bits per heavy atom. The zero-order valence-corrected chi connectivity index (χ0v) is 7.30. The molecule has 2 nitrogen and oxygen atoms in total. The van der Waals surface area contributed by atoms with E-state index in [1.807, 2.05) is 20.0 Å². The molecule has 0 aliphatic rings. The van der Waals surface area contributed by atoms with Crippen LogP contribution >= 0.6 is 0 Å². The molecule has 0 spiro atoms. The van der Waals surface area contributed by atoms with E-state index in [1.54, 1.807) is 4.90 Å². The van der Waals surface area contributed by atoms with Gasteiger partial charge in [-0.1, -0.05) is 12.2 Å². The average molecular weight is 152 g/mol. The molecule has 0 bridgehead atoms. The Morgan fingerprint density at radius 3 is 2.64 bits per heavy atom. The molecule has 0 saturated carbocycles. The Balaban J connectivity index is 3.78. The van der Waals surface area contributed by atoms with Gasteiger partial charge in [0, 0.05) is 12.7 Å². The lowest BCUT2D eigenvalue weighted by molar-refractivity contribution is 0.636. The van der Waals surface area contributed by atoms with Crippen LogP contribution in [0.3, 0.4) is 0 Å². The monoisotopic (exact) mass is 152 g/mol. The van der Waals surface area contributed by atoms with Crippen LogP contribution in [0.4, 0.5) is 0 Å². The molecule has 0 unspecified atom stereocenters. The Morgan fingerprint density at radius 1 is 1.55 bits per heavy atom. The van der Waals surface area contributed by atoms with E-state index in [1.165, 1.54) is 6.34 Å². The number of nitrogens with zero attached hydrogens (tertiary/aromatic N) is 1. The fraction of sp³-hybridized carbons (Fsp3) is 0.444. The maximum absolute atomic E-state index is 6.96. The summed E-state index contributed by atoms with van der Waals surface area (Å²) < 4.78 is 0. The minimum atomic E-state index is 1.00. The molecule has 11 heavy (non-hydrogen) atoms. The Kier molecular flexibility index (Phi) is 5.17. The first-order valence-electron chi connectivity index (χ1n) is 3.73. The zero-order valence-electron chi connectivity index (χ0n) is 7.30. The first-order valence-corrected chi connectivity index (χ1v) is 3.73. The highest BCUT2D eigenvalue weighted by molar-refractivity contribution is 5.53. The van der Waals surface area contributed by atoms with Crippen molar-refractivity contribution in [3.05, 3.63) is 24.4 Å². The van der Waals surface area contributed by atoms with Gasteiger partial charge in [-0.3, -0.25) is 5.41 Å². The van der Waals surface area contributed by atoms with Crippen LogP contribution in [0.25, 0.3) is 0 Å². The van der Waals surface area contributed by atoms with Gasteiger partial charge in [-0.2, -0.15) is 0 Å². The topological polar surface area (TPSA) is 27.1 Å².